The van der Waals surface area contributed by atoms with Crippen LogP contribution in [0.5, 0.6) is 0 Å². The molecule has 1 saturated carbocycles. The molecular formula is C17H33N3O2. The van der Waals surface area contributed by atoms with Gasteiger partial charge < -0.3 is 10.4 Å². The van der Waals surface area contributed by atoms with Crippen molar-refractivity contribution in [2.75, 3.05) is 26.2 Å². The first-order chi connectivity index (χ1) is 10.3. The van der Waals surface area contributed by atoms with Crippen LogP contribution in [0.2, 0.25) is 0 Å². The van der Waals surface area contributed by atoms with E-state index in [2.05, 4.69) is 35.9 Å². The van der Waals surface area contributed by atoms with Crippen molar-refractivity contribution in [2.24, 2.45) is 0 Å². The number of nitrogens with one attached hydrogen (secondary N) is 1. The molecular weight excluding hydrogens is 278 g/mol. The summed E-state index contributed by atoms with van der Waals surface area (Å²) >= 11 is 0. The number of hydrogen-bond acceptors (Lipinski definition) is 4. The van der Waals surface area contributed by atoms with E-state index in [-0.39, 0.29) is 12.1 Å². The van der Waals surface area contributed by atoms with Gasteiger partial charge in [-0.15, -0.1) is 0 Å². The van der Waals surface area contributed by atoms with Crippen LogP contribution in [0, 0.1) is 0 Å². The maximum atomic E-state index is 10.9. The highest BCUT2D eigenvalue weighted by Gasteiger charge is 2.36. The summed E-state index contributed by atoms with van der Waals surface area (Å²) in [5.74, 6) is -0.715. The summed E-state index contributed by atoms with van der Waals surface area (Å²) < 4.78 is 0. The maximum absolute atomic E-state index is 10.9. The Kier molecular flexibility index (Phi) is 5.86. The van der Waals surface area contributed by atoms with Gasteiger partial charge in [0, 0.05) is 36.8 Å². The molecule has 2 aliphatic rings. The summed E-state index contributed by atoms with van der Waals surface area (Å²) in [4.78, 5) is 15.5. The number of hydrogen-bond donors (Lipinski definition) is 2. The molecule has 0 bridgehead atoms. The van der Waals surface area contributed by atoms with Gasteiger partial charge in [0.05, 0.1) is 6.54 Å². The summed E-state index contributed by atoms with van der Waals surface area (Å²) in [6.45, 7) is 12.3. The summed E-state index contributed by atoms with van der Waals surface area (Å²) in [7, 11) is 0. The van der Waals surface area contributed by atoms with Crippen LogP contribution in [0.1, 0.15) is 53.4 Å². The molecule has 1 aliphatic heterocycles. The molecule has 0 radical (unpaired) electrons. The lowest BCUT2D eigenvalue weighted by molar-refractivity contribution is -0.139. The molecule has 1 heterocycles. The lowest BCUT2D eigenvalue weighted by Crippen LogP contribution is -2.57. The molecule has 1 saturated heterocycles. The number of piperidine rings is 1. The van der Waals surface area contributed by atoms with E-state index in [1.807, 2.05) is 6.92 Å². The normalized spacial score (nSPS) is 27.9. The number of likely N-dealkylation sites (N-methyl/N-ethyl adjacent to an activating group) is 1. The van der Waals surface area contributed by atoms with Gasteiger partial charge in [0.25, 0.3) is 0 Å². The number of aliphatic carboxylic acids is 1. The van der Waals surface area contributed by atoms with Gasteiger partial charge in [0.2, 0.25) is 0 Å². The van der Waals surface area contributed by atoms with Gasteiger partial charge in [-0.1, -0.05) is 6.92 Å². The molecule has 0 aromatic carbocycles. The number of likely N-dealkylation sites (tertiary alicyclic amines) is 1. The lowest BCUT2D eigenvalue weighted by Gasteiger charge is -2.46. The third-order valence-corrected chi connectivity index (χ3v) is 5.29. The Hall–Kier alpha value is -0.650. The van der Waals surface area contributed by atoms with Gasteiger partial charge in [-0.2, -0.15) is 0 Å². The molecule has 22 heavy (non-hydrogen) atoms. The first-order valence-corrected chi connectivity index (χ1v) is 8.76. The van der Waals surface area contributed by atoms with Crippen molar-refractivity contribution in [1.82, 2.24) is 15.1 Å². The molecule has 2 rings (SSSR count). The fourth-order valence-electron chi connectivity index (χ4n) is 3.75. The molecule has 0 spiro atoms. The monoisotopic (exact) mass is 311 g/mol. The minimum absolute atomic E-state index is 0.178. The van der Waals surface area contributed by atoms with E-state index >= 15 is 0 Å². The van der Waals surface area contributed by atoms with Gasteiger partial charge in [-0.3, -0.25) is 14.6 Å². The summed E-state index contributed by atoms with van der Waals surface area (Å²) in [5.41, 5.74) is 0.283. The second-order valence-corrected chi connectivity index (χ2v) is 7.88. The molecule has 128 valence electrons. The predicted molar refractivity (Wildman–Crippen MR) is 89.2 cm³/mol. The first-order valence-electron chi connectivity index (χ1n) is 8.76. The van der Waals surface area contributed by atoms with Gasteiger partial charge in [-0.25, -0.2) is 0 Å². The molecule has 2 fully saturated rings. The van der Waals surface area contributed by atoms with E-state index in [1.54, 1.807) is 0 Å². The molecule has 0 aromatic rings. The van der Waals surface area contributed by atoms with Crippen molar-refractivity contribution in [3.8, 4) is 0 Å². The van der Waals surface area contributed by atoms with Crippen LogP contribution < -0.4 is 5.32 Å². The van der Waals surface area contributed by atoms with Gasteiger partial charge in [0.1, 0.15) is 0 Å². The van der Waals surface area contributed by atoms with E-state index < -0.39 is 5.97 Å². The fourth-order valence-corrected chi connectivity index (χ4v) is 3.75. The number of carboxylic acids is 1. The van der Waals surface area contributed by atoms with Crippen LogP contribution in [-0.4, -0.2) is 70.7 Å². The SMILES string of the molecule is CCN(CC(=O)O)C1CC(NC2CCN(C(C)(C)C)CC2)C1. The molecule has 2 N–H and O–H groups in total. The van der Waals surface area contributed by atoms with Crippen LogP contribution >= 0.6 is 0 Å². The minimum Gasteiger partial charge on any atom is -0.480 e. The van der Waals surface area contributed by atoms with Crippen molar-refractivity contribution in [2.45, 2.75) is 77.0 Å². The molecule has 0 atom stereocenters. The summed E-state index contributed by atoms with van der Waals surface area (Å²) in [5, 5.41) is 12.7. The minimum atomic E-state index is -0.715. The molecule has 0 amide bonds. The van der Waals surface area contributed by atoms with Crippen molar-refractivity contribution in [3.05, 3.63) is 0 Å². The Labute approximate surface area is 135 Å². The van der Waals surface area contributed by atoms with Crippen LogP contribution in [0.4, 0.5) is 0 Å². The van der Waals surface area contributed by atoms with Crippen molar-refractivity contribution < 1.29 is 9.90 Å². The largest absolute Gasteiger partial charge is 0.480 e. The van der Waals surface area contributed by atoms with Gasteiger partial charge in [0.15, 0.2) is 0 Å². The maximum Gasteiger partial charge on any atom is 0.317 e. The predicted octanol–water partition coefficient (Wildman–Crippen LogP) is 1.78. The highest BCUT2D eigenvalue weighted by atomic mass is 16.4. The molecule has 0 unspecified atom stereocenters. The Balaban J connectivity index is 1.67. The average Bonchev–Trinajstić information content (AvgIpc) is 2.39. The highest BCUT2D eigenvalue weighted by Crippen LogP contribution is 2.28. The first kappa shape index (κ1) is 17.7. The van der Waals surface area contributed by atoms with Crippen LogP contribution in [0.3, 0.4) is 0 Å². The lowest BCUT2D eigenvalue weighted by atomic mass is 9.84. The Morgan fingerprint density at radius 1 is 1.23 bits per heavy atom. The average molecular weight is 311 g/mol. The number of rotatable bonds is 6. The Bertz CT molecular complexity index is 367. The van der Waals surface area contributed by atoms with Crippen molar-refractivity contribution in [3.63, 3.8) is 0 Å². The third kappa shape index (κ3) is 4.67. The van der Waals surface area contributed by atoms with Gasteiger partial charge >= 0.3 is 5.97 Å². The van der Waals surface area contributed by atoms with Gasteiger partial charge in [-0.05, 0) is 53.0 Å². The summed E-state index contributed by atoms with van der Waals surface area (Å²) in [6.07, 6.45) is 4.65. The number of carboxylic acid groups (broad SMARTS) is 1. The van der Waals surface area contributed by atoms with Crippen molar-refractivity contribution in [1.29, 1.82) is 0 Å². The van der Waals surface area contributed by atoms with E-state index in [1.165, 1.54) is 25.9 Å². The second kappa shape index (κ2) is 7.28. The zero-order valence-electron chi connectivity index (χ0n) is 14.6. The Morgan fingerprint density at radius 3 is 2.27 bits per heavy atom. The van der Waals surface area contributed by atoms with Crippen LogP contribution in [0.15, 0.2) is 0 Å². The van der Waals surface area contributed by atoms with E-state index in [4.69, 9.17) is 5.11 Å². The standard InChI is InChI=1S/C17H33N3O2/c1-5-19(12-16(21)22)15-10-14(11-15)18-13-6-8-20(9-7-13)17(2,3)4/h13-15,18H,5-12H2,1-4H3,(H,21,22). The van der Waals surface area contributed by atoms with E-state index in [9.17, 15) is 4.79 Å². The summed E-state index contributed by atoms with van der Waals surface area (Å²) in [6, 6.07) is 1.67. The van der Waals surface area contributed by atoms with Crippen LogP contribution in [-0.2, 0) is 4.79 Å². The molecule has 5 nitrogen and oxygen atoms in total. The molecule has 0 aromatic heterocycles. The fraction of sp³-hybridized carbons (Fsp3) is 0.941. The number of nitrogens with zero attached hydrogens (tertiary/aromatic N) is 2. The zero-order valence-corrected chi connectivity index (χ0v) is 14.6. The van der Waals surface area contributed by atoms with Crippen molar-refractivity contribution >= 4 is 5.97 Å². The van der Waals surface area contributed by atoms with E-state index in [0.29, 0.717) is 18.1 Å². The molecule has 1 aliphatic carbocycles. The zero-order chi connectivity index (χ0) is 16.3. The topological polar surface area (TPSA) is 55.8 Å². The van der Waals surface area contributed by atoms with E-state index in [0.717, 1.165) is 19.4 Å². The smallest absolute Gasteiger partial charge is 0.317 e. The van der Waals surface area contributed by atoms with Crippen LogP contribution in [0.25, 0.3) is 0 Å². The molecule has 5 heteroatoms. The second-order valence-electron chi connectivity index (χ2n) is 7.88. The third-order valence-electron chi connectivity index (χ3n) is 5.29. The number of carbonyl (C=O) groups is 1. The quantitative estimate of drug-likeness (QED) is 0.783. The highest BCUT2D eigenvalue weighted by molar-refractivity contribution is 5.69. The Morgan fingerprint density at radius 2 is 1.82 bits per heavy atom.